The molecule has 1 heterocycles. The fourth-order valence-electron chi connectivity index (χ4n) is 3.30. The van der Waals surface area contributed by atoms with Gasteiger partial charge < -0.3 is 0 Å². The van der Waals surface area contributed by atoms with Crippen molar-refractivity contribution >= 4 is 5.78 Å². The first kappa shape index (κ1) is 10.2. The number of ketones is 1. The van der Waals surface area contributed by atoms with Crippen LogP contribution in [0.1, 0.15) is 39.5 Å². The van der Waals surface area contributed by atoms with Crippen LogP contribution in [-0.4, -0.2) is 30.3 Å². The summed E-state index contributed by atoms with van der Waals surface area (Å²) in [6.07, 6.45) is 5.15. The van der Waals surface area contributed by atoms with Gasteiger partial charge in [0.25, 0.3) is 0 Å². The third-order valence-electron chi connectivity index (χ3n) is 4.16. The van der Waals surface area contributed by atoms with E-state index in [1.807, 2.05) is 0 Å². The maximum atomic E-state index is 11.4. The molecule has 0 N–H and O–H groups in total. The lowest BCUT2D eigenvalue weighted by molar-refractivity contribution is -0.120. The van der Waals surface area contributed by atoms with Crippen molar-refractivity contribution in [3.63, 3.8) is 0 Å². The highest BCUT2D eigenvalue weighted by Crippen LogP contribution is 2.61. The van der Waals surface area contributed by atoms with Crippen molar-refractivity contribution in [2.75, 3.05) is 13.6 Å². The standard InChI is InChI=1S/C12H21NO/c1-4-5-10-6-12(10)7-11(9(2)14)13(3)8-12/h10-11H,4-8H2,1-3H3/t10?,11-,12+/m0/s1. The summed E-state index contributed by atoms with van der Waals surface area (Å²) in [7, 11) is 2.10. The number of carbonyl (C=O) groups is 1. The smallest absolute Gasteiger partial charge is 0.146 e. The van der Waals surface area contributed by atoms with Gasteiger partial charge in [0.05, 0.1) is 6.04 Å². The van der Waals surface area contributed by atoms with Crippen LogP contribution in [0.3, 0.4) is 0 Å². The number of nitrogens with zero attached hydrogens (tertiary/aromatic N) is 1. The highest BCUT2D eigenvalue weighted by atomic mass is 16.1. The van der Waals surface area contributed by atoms with Gasteiger partial charge in [-0.25, -0.2) is 0 Å². The van der Waals surface area contributed by atoms with E-state index in [9.17, 15) is 4.79 Å². The molecule has 0 radical (unpaired) electrons. The molecule has 0 amide bonds. The van der Waals surface area contributed by atoms with Gasteiger partial charge in [0.2, 0.25) is 0 Å². The first-order valence-corrected chi connectivity index (χ1v) is 5.80. The molecule has 2 aliphatic rings. The summed E-state index contributed by atoms with van der Waals surface area (Å²) >= 11 is 0. The Kier molecular flexibility index (Phi) is 2.42. The van der Waals surface area contributed by atoms with Crippen molar-refractivity contribution in [2.45, 2.75) is 45.6 Å². The Bertz CT molecular complexity index is 251. The summed E-state index contributed by atoms with van der Waals surface area (Å²) in [6, 6.07) is 0.219. The van der Waals surface area contributed by atoms with Crippen molar-refractivity contribution < 1.29 is 4.79 Å². The van der Waals surface area contributed by atoms with Gasteiger partial charge in [0.1, 0.15) is 5.78 Å². The molecule has 2 nitrogen and oxygen atoms in total. The Hall–Kier alpha value is -0.370. The van der Waals surface area contributed by atoms with Crippen LogP contribution in [-0.2, 0) is 4.79 Å². The van der Waals surface area contributed by atoms with E-state index in [2.05, 4.69) is 18.9 Å². The molecule has 0 aromatic rings. The zero-order valence-electron chi connectivity index (χ0n) is 9.55. The molecule has 1 aliphatic heterocycles. The second kappa shape index (κ2) is 3.34. The molecule has 1 aliphatic carbocycles. The van der Waals surface area contributed by atoms with Crippen molar-refractivity contribution in [1.82, 2.24) is 4.90 Å². The van der Waals surface area contributed by atoms with E-state index in [4.69, 9.17) is 0 Å². The zero-order chi connectivity index (χ0) is 10.3. The maximum Gasteiger partial charge on any atom is 0.146 e. The van der Waals surface area contributed by atoms with Crippen LogP contribution in [0.2, 0.25) is 0 Å². The van der Waals surface area contributed by atoms with Crippen LogP contribution in [0.5, 0.6) is 0 Å². The Morgan fingerprint density at radius 3 is 2.71 bits per heavy atom. The Morgan fingerprint density at radius 2 is 2.21 bits per heavy atom. The molecule has 0 aromatic heterocycles. The first-order valence-electron chi connectivity index (χ1n) is 5.80. The summed E-state index contributed by atoms with van der Waals surface area (Å²) in [4.78, 5) is 13.7. The molecule has 1 unspecified atom stereocenters. The van der Waals surface area contributed by atoms with Crippen LogP contribution < -0.4 is 0 Å². The van der Waals surface area contributed by atoms with Crippen LogP contribution in [0.4, 0.5) is 0 Å². The van der Waals surface area contributed by atoms with Crippen LogP contribution in [0.15, 0.2) is 0 Å². The lowest BCUT2D eigenvalue weighted by Gasteiger charge is -2.14. The topological polar surface area (TPSA) is 20.3 Å². The highest BCUT2D eigenvalue weighted by Gasteiger charge is 2.59. The van der Waals surface area contributed by atoms with E-state index >= 15 is 0 Å². The summed E-state index contributed by atoms with van der Waals surface area (Å²) in [6.45, 7) is 5.15. The van der Waals surface area contributed by atoms with Crippen molar-refractivity contribution in [2.24, 2.45) is 11.3 Å². The molecule has 1 saturated heterocycles. The summed E-state index contributed by atoms with van der Waals surface area (Å²) in [5.41, 5.74) is 0.543. The van der Waals surface area contributed by atoms with Crippen LogP contribution >= 0.6 is 0 Å². The molecule has 14 heavy (non-hydrogen) atoms. The lowest BCUT2D eigenvalue weighted by Crippen LogP contribution is -2.30. The van der Waals surface area contributed by atoms with Gasteiger partial charge in [-0.3, -0.25) is 9.69 Å². The van der Waals surface area contributed by atoms with E-state index in [-0.39, 0.29) is 6.04 Å². The third-order valence-corrected chi connectivity index (χ3v) is 4.16. The third kappa shape index (κ3) is 1.50. The molecule has 1 saturated carbocycles. The fourth-order valence-corrected chi connectivity index (χ4v) is 3.30. The van der Waals surface area contributed by atoms with Crippen LogP contribution in [0.25, 0.3) is 0 Å². The number of hydrogen-bond donors (Lipinski definition) is 0. The van der Waals surface area contributed by atoms with E-state index in [1.54, 1.807) is 6.92 Å². The normalized spacial score (nSPS) is 41.9. The predicted molar refractivity (Wildman–Crippen MR) is 57.2 cm³/mol. The van der Waals surface area contributed by atoms with E-state index in [0.29, 0.717) is 11.2 Å². The van der Waals surface area contributed by atoms with E-state index in [1.165, 1.54) is 19.3 Å². The summed E-state index contributed by atoms with van der Waals surface area (Å²) < 4.78 is 0. The number of likely N-dealkylation sites (N-methyl/N-ethyl adjacent to an activating group) is 1. The molecule has 2 rings (SSSR count). The van der Waals surface area contributed by atoms with Crippen molar-refractivity contribution in [3.8, 4) is 0 Å². The van der Waals surface area contributed by atoms with E-state index in [0.717, 1.165) is 18.9 Å². The van der Waals surface area contributed by atoms with Crippen molar-refractivity contribution in [3.05, 3.63) is 0 Å². The molecule has 1 spiro atoms. The van der Waals surface area contributed by atoms with Gasteiger partial charge in [0, 0.05) is 6.54 Å². The SMILES string of the molecule is CCCC1C[C@]12C[C@@H](C(C)=O)N(C)C2. The summed E-state index contributed by atoms with van der Waals surface area (Å²) in [5.74, 6) is 1.27. The van der Waals surface area contributed by atoms with Crippen LogP contribution in [0, 0.1) is 11.3 Å². The number of rotatable bonds is 3. The second-order valence-electron chi connectivity index (χ2n) is 5.30. The molecule has 80 valence electrons. The van der Waals surface area contributed by atoms with Gasteiger partial charge in [-0.15, -0.1) is 0 Å². The maximum absolute atomic E-state index is 11.4. The molecule has 0 bridgehead atoms. The number of hydrogen-bond acceptors (Lipinski definition) is 2. The Balaban J connectivity index is 1.98. The van der Waals surface area contributed by atoms with Gasteiger partial charge in [0.15, 0.2) is 0 Å². The highest BCUT2D eigenvalue weighted by molar-refractivity contribution is 5.82. The van der Waals surface area contributed by atoms with Gasteiger partial charge >= 0.3 is 0 Å². The number of likely N-dealkylation sites (tertiary alicyclic amines) is 1. The zero-order valence-corrected chi connectivity index (χ0v) is 9.55. The summed E-state index contributed by atoms with van der Waals surface area (Å²) in [5, 5.41) is 0. The number of Topliss-reactive ketones (excluding diaryl/α,β-unsaturated/α-hetero) is 1. The average Bonchev–Trinajstić information content (AvgIpc) is 2.61. The average molecular weight is 195 g/mol. The monoisotopic (exact) mass is 195 g/mol. The minimum Gasteiger partial charge on any atom is -0.298 e. The quantitative estimate of drug-likeness (QED) is 0.687. The first-order chi connectivity index (χ1) is 6.59. The predicted octanol–water partition coefficient (Wildman–Crippen LogP) is 2.09. The lowest BCUT2D eigenvalue weighted by atomic mass is 9.96. The Labute approximate surface area is 86.7 Å². The Morgan fingerprint density at radius 1 is 1.50 bits per heavy atom. The van der Waals surface area contributed by atoms with E-state index < -0.39 is 0 Å². The molecule has 2 heteroatoms. The molecule has 0 aromatic carbocycles. The molecular formula is C12H21NO. The van der Waals surface area contributed by atoms with Gasteiger partial charge in [-0.05, 0) is 38.1 Å². The number of carbonyl (C=O) groups excluding carboxylic acids is 1. The fraction of sp³-hybridized carbons (Fsp3) is 0.917. The second-order valence-corrected chi connectivity index (χ2v) is 5.30. The minimum absolute atomic E-state index is 0.219. The van der Waals surface area contributed by atoms with Gasteiger partial charge in [-0.2, -0.15) is 0 Å². The molecular weight excluding hydrogens is 174 g/mol. The van der Waals surface area contributed by atoms with Gasteiger partial charge in [-0.1, -0.05) is 19.8 Å². The molecule has 3 atom stereocenters. The van der Waals surface area contributed by atoms with Crippen molar-refractivity contribution in [1.29, 1.82) is 0 Å². The molecule has 2 fully saturated rings. The minimum atomic E-state index is 0.219. The largest absolute Gasteiger partial charge is 0.298 e.